The Balaban J connectivity index is 1.89. The van der Waals surface area contributed by atoms with Crippen LogP contribution < -0.4 is 10.9 Å². The number of hydrazine groups is 1. The Kier molecular flexibility index (Phi) is 5.46. The summed E-state index contributed by atoms with van der Waals surface area (Å²) >= 11 is 1.42. The van der Waals surface area contributed by atoms with Crippen LogP contribution in [0.15, 0.2) is 53.4 Å². The lowest BCUT2D eigenvalue weighted by atomic mass is 10.1. The van der Waals surface area contributed by atoms with Crippen LogP contribution in [0.2, 0.25) is 0 Å². The average molecular weight is 311 g/mol. The number of nitrogens with zero attached hydrogens (tertiary/aromatic N) is 1. The standard InChI is InChI=1S/C16H13N3O2S/c17-11-13(10-14-7-4-8-22-14)16(21)19-18-15(20)9-12-5-2-1-3-6-12/h1-8,10H,9H2,(H,18,20)(H,19,21)/b13-10+. The molecule has 1 aromatic carbocycles. The molecule has 0 spiro atoms. The number of hydrogen-bond donors (Lipinski definition) is 2. The summed E-state index contributed by atoms with van der Waals surface area (Å²) in [5.41, 5.74) is 5.31. The molecule has 0 atom stereocenters. The van der Waals surface area contributed by atoms with Crippen molar-refractivity contribution in [3.8, 4) is 6.07 Å². The fourth-order valence-corrected chi connectivity index (χ4v) is 2.34. The molecule has 0 aliphatic heterocycles. The van der Waals surface area contributed by atoms with Gasteiger partial charge in [0.15, 0.2) is 0 Å². The number of amides is 2. The molecular formula is C16H13N3O2S. The zero-order valence-corrected chi connectivity index (χ0v) is 12.4. The monoisotopic (exact) mass is 311 g/mol. The quantitative estimate of drug-likeness (QED) is 0.515. The van der Waals surface area contributed by atoms with Gasteiger partial charge in [0, 0.05) is 4.88 Å². The second kappa shape index (κ2) is 7.76. The van der Waals surface area contributed by atoms with Crippen LogP contribution in [0.5, 0.6) is 0 Å². The predicted octanol–water partition coefficient (Wildman–Crippen LogP) is 2.05. The van der Waals surface area contributed by atoms with Crippen LogP contribution in [0.3, 0.4) is 0 Å². The van der Waals surface area contributed by atoms with E-state index < -0.39 is 5.91 Å². The van der Waals surface area contributed by atoms with Crippen molar-refractivity contribution in [3.05, 3.63) is 63.9 Å². The first kappa shape index (κ1) is 15.5. The third-order valence-corrected chi connectivity index (χ3v) is 3.54. The molecule has 0 saturated carbocycles. The Morgan fingerprint density at radius 2 is 1.91 bits per heavy atom. The Morgan fingerprint density at radius 3 is 2.55 bits per heavy atom. The van der Waals surface area contributed by atoms with E-state index in [4.69, 9.17) is 5.26 Å². The van der Waals surface area contributed by atoms with E-state index >= 15 is 0 Å². The van der Waals surface area contributed by atoms with Gasteiger partial charge in [-0.1, -0.05) is 36.4 Å². The molecule has 0 aliphatic rings. The lowest BCUT2D eigenvalue weighted by molar-refractivity contribution is -0.126. The van der Waals surface area contributed by atoms with Gasteiger partial charge in [0.2, 0.25) is 5.91 Å². The maximum absolute atomic E-state index is 11.8. The molecule has 2 amide bonds. The lowest BCUT2D eigenvalue weighted by Gasteiger charge is -2.06. The van der Waals surface area contributed by atoms with Crippen LogP contribution in [-0.2, 0) is 16.0 Å². The maximum atomic E-state index is 11.8. The Morgan fingerprint density at radius 1 is 1.14 bits per heavy atom. The molecule has 5 nitrogen and oxygen atoms in total. The van der Waals surface area contributed by atoms with Gasteiger partial charge in [-0.15, -0.1) is 11.3 Å². The van der Waals surface area contributed by atoms with Crippen molar-refractivity contribution in [3.63, 3.8) is 0 Å². The van der Waals surface area contributed by atoms with Gasteiger partial charge in [0.05, 0.1) is 6.42 Å². The van der Waals surface area contributed by atoms with Crippen molar-refractivity contribution in [2.45, 2.75) is 6.42 Å². The molecule has 2 aromatic rings. The summed E-state index contributed by atoms with van der Waals surface area (Å²) in [5, 5.41) is 10.9. The van der Waals surface area contributed by atoms with Gasteiger partial charge in [-0.25, -0.2) is 0 Å². The molecule has 0 bridgehead atoms. The summed E-state index contributed by atoms with van der Waals surface area (Å²) in [6, 6.07) is 14.6. The van der Waals surface area contributed by atoms with Crippen molar-refractivity contribution < 1.29 is 9.59 Å². The van der Waals surface area contributed by atoms with E-state index in [1.165, 1.54) is 17.4 Å². The largest absolute Gasteiger partial charge is 0.280 e. The van der Waals surface area contributed by atoms with Gasteiger partial charge < -0.3 is 0 Å². The average Bonchev–Trinajstić information content (AvgIpc) is 3.04. The molecule has 0 radical (unpaired) electrons. The summed E-state index contributed by atoms with van der Waals surface area (Å²) in [6.45, 7) is 0. The van der Waals surface area contributed by atoms with Crippen molar-refractivity contribution in [1.82, 2.24) is 10.9 Å². The van der Waals surface area contributed by atoms with E-state index in [2.05, 4.69) is 10.9 Å². The molecule has 1 aromatic heterocycles. The third kappa shape index (κ3) is 4.58. The van der Waals surface area contributed by atoms with Crippen molar-refractivity contribution in [2.24, 2.45) is 0 Å². The second-order valence-corrected chi connectivity index (χ2v) is 5.33. The number of hydrogen-bond acceptors (Lipinski definition) is 4. The Hall–Kier alpha value is -2.91. The van der Waals surface area contributed by atoms with Crippen LogP contribution in [0.1, 0.15) is 10.4 Å². The summed E-state index contributed by atoms with van der Waals surface area (Å²) < 4.78 is 0. The molecule has 22 heavy (non-hydrogen) atoms. The second-order valence-electron chi connectivity index (χ2n) is 4.35. The van der Waals surface area contributed by atoms with E-state index in [1.807, 2.05) is 47.8 Å². The number of nitrogens with one attached hydrogen (secondary N) is 2. The number of carbonyl (C=O) groups is 2. The lowest BCUT2D eigenvalue weighted by Crippen LogP contribution is -2.42. The van der Waals surface area contributed by atoms with Crippen LogP contribution in [0.25, 0.3) is 6.08 Å². The van der Waals surface area contributed by atoms with E-state index in [0.717, 1.165) is 10.4 Å². The normalized spacial score (nSPS) is 10.6. The van der Waals surface area contributed by atoms with E-state index in [-0.39, 0.29) is 17.9 Å². The summed E-state index contributed by atoms with van der Waals surface area (Å²) in [4.78, 5) is 24.4. The van der Waals surface area contributed by atoms with E-state index in [0.29, 0.717) is 0 Å². The van der Waals surface area contributed by atoms with Gasteiger partial charge in [-0.2, -0.15) is 5.26 Å². The van der Waals surface area contributed by atoms with E-state index in [1.54, 1.807) is 6.07 Å². The molecule has 1 heterocycles. The molecule has 0 fully saturated rings. The van der Waals surface area contributed by atoms with Gasteiger partial charge in [0.25, 0.3) is 5.91 Å². The molecule has 0 saturated heterocycles. The number of nitriles is 1. The molecule has 2 rings (SSSR count). The minimum Gasteiger partial charge on any atom is -0.273 e. The highest BCUT2D eigenvalue weighted by atomic mass is 32.1. The van der Waals surface area contributed by atoms with Crippen molar-refractivity contribution in [2.75, 3.05) is 0 Å². The summed E-state index contributed by atoms with van der Waals surface area (Å²) in [5.74, 6) is -0.995. The van der Waals surface area contributed by atoms with Gasteiger partial charge in [0.1, 0.15) is 11.6 Å². The first-order valence-corrected chi connectivity index (χ1v) is 7.35. The molecule has 2 N–H and O–H groups in total. The summed E-state index contributed by atoms with van der Waals surface area (Å²) in [6.07, 6.45) is 1.63. The molecule has 6 heteroatoms. The molecule has 110 valence electrons. The van der Waals surface area contributed by atoms with E-state index in [9.17, 15) is 9.59 Å². The zero-order chi connectivity index (χ0) is 15.8. The van der Waals surface area contributed by atoms with Crippen molar-refractivity contribution >= 4 is 29.2 Å². The number of benzene rings is 1. The van der Waals surface area contributed by atoms with Crippen LogP contribution in [-0.4, -0.2) is 11.8 Å². The molecule has 0 unspecified atom stereocenters. The minimum atomic E-state index is -0.641. The Labute approximate surface area is 131 Å². The zero-order valence-electron chi connectivity index (χ0n) is 11.6. The third-order valence-electron chi connectivity index (χ3n) is 2.72. The smallest absolute Gasteiger partial charge is 0.273 e. The number of carbonyl (C=O) groups excluding carboxylic acids is 2. The van der Waals surface area contributed by atoms with Crippen LogP contribution in [0.4, 0.5) is 0 Å². The fourth-order valence-electron chi connectivity index (χ4n) is 1.68. The van der Waals surface area contributed by atoms with Gasteiger partial charge in [-0.05, 0) is 23.1 Å². The fraction of sp³-hybridized carbons (Fsp3) is 0.0625. The Bertz CT molecular complexity index is 716. The predicted molar refractivity (Wildman–Crippen MR) is 84.3 cm³/mol. The summed E-state index contributed by atoms with van der Waals surface area (Å²) in [7, 11) is 0. The topological polar surface area (TPSA) is 82.0 Å². The minimum absolute atomic E-state index is 0.0672. The highest BCUT2D eigenvalue weighted by Crippen LogP contribution is 2.13. The van der Waals surface area contributed by atoms with Crippen LogP contribution in [0, 0.1) is 11.3 Å². The number of thiophene rings is 1. The van der Waals surface area contributed by atoms with Gasteiger partial charge in [-0.3, -0.25) is 20.4 Å². The number of rotatable bonds is 4. The van der Waals surface area contributed by atoms with Gasteiger partial charge >= 0.3 is 0 Å². The first-order valence-electron chi connectivity index (χ1n) is 6.47. The highest BCUT2D eigenvalue weighted by Gasteiger charge is 2.10. The highest BCUT2D eigenvalue weighted by molar-refractivity contribution is 7.10. The molecule has 0 aliphatic carbocycles. The first-order chi connectivity index (χ1) is 10.7. The SMILES string of the molecule is N#C/C(=C\c1cccs1)C(=O)NNC(=O)Cc1ccccc1. The molecular weight excluding hydrogens is 298 g/mol. The maximum Gasteiger partial charge on any atom is 0.280 e. The van der Waals surface area contributed by atoms with Crippen molar-refractivity contribution in [1.29, 1.82) is 5.26 Å². The van der Waals surface area contributed by atoms with Crippen LogP contribution >= 0.6 is 11.3 Å².